The molecule has 0 aliphatic heterocycles. The summed E-state index contributed by atoms with van der Waals surface area (Å²) in [6.45, 7) is 1.70. The normalized spacial score (nSPS) is 17.9. The van der Waals surface area contributed by atoms with Gasteiger partial charge in [0.15, 0.2) is 0 Å². The van der Waals surface area contributed by atoms with E-state index in [1.807, 2.05) is 0 Å². The summed E-state index contributed by atoms with van der Waals surface area (Å²) >= 11 is 0. The minimum absolute atomic E-state index is 0.126. The van der Waals surface area contributed by atoms with E-state index in [4.69, 9.17) is 10.2 Å². The van der Waals surface area contributed by atoms with Gasteiger partial charge >= 0.3 is 0 Å². The highest BCUT2D eigenvalue weighted by molar-refractivity contribution is 5.72. The third-order valence-corrected chi connectivity index (χ3v) is 2.17. The molecule has 1 saturated carbocycles. The molecular formula is C8H12N4O2. The first kappa shape index (κ1) is 9.14. The molecule has 0 aromatic carbocycles. The predicted molar refractivity (Wildman–Crippen MR) is 46.9 cm³/mol. The van der Waals surface area contributed by atoms with Gasteiger partial charge in [0.05, 0.1) is 12.1 Å². The molecule has 0 radical (unpaired) electrons. The molecule has 1 aliphatic rings. The van der Waals surface area contributed by atoms with E-state index in [2.05, 4.69) is 15.5 Å². The number of rotatable bonds is 3. The van der Waals surface area contributed by atoms with Crippen LogP contribution < -0.4 is 11.1 Å². The van der Waals surface area contributed by atoms with Crippen LogP contribution in [0.1, 0.15) is 31.5 Å². The Balaban J connectivity index is 1.99. The van der Waals surface area contributed by atoms with Gasteiger partial charge in [0, 0.05) is 6.92 Å². The number of nitrogens with two attached hydrogens (primary N) is 1. The zero-order chi connectivity index (χ0) is 10.2. The van der Waals surface area contributed by atoms with Gasteiger partial charge in [0.2, 0.25) is 17.7 Å². The summed E-state index contributed by atoms with van der Waals surface area (Å²) in [5, 5.41) is 10.2. The van der Waals surface area contributed by atoms with Gasteiger partial charge in [-0.15, -0.1) is 10.2 Å². The van der Waals surface area contributed by atoms with Crippen molar-refractivity contribution in [2.45, 2.75) is 31.8 Å². The molecule has 6 heteroatoms. The van der Waals surface area contributed by atoms with E-state index in [9.17, 15) is 4.79 Å². The maximum absolute atomic E-state index is 10.6. The van der Waals surface area contributed by atoms with Crippen molar-refractivity contribution in [1.82, 2.24) is 15.5 Å². The molecule has 1 amide bonds. The van der Waals surface area contributed by atoms with Crippen molar-refractivity contribution in [2.75, 3.05) is 0 Å². The average Bonchev–Trinajstić information content (AvgIpc) is 2.70. The minimum atomic E-state index is -0.401. The summed E-state index contributed by atoms with van der Waals surface area (Å²) in [5.41, 5.74) is 5.45. The molecule has 14 heavy (non-hydrogen) atoms. The molecule has 1 aromatic heterocycles. The lowest BCUT2D eigenvalue weighted by molar-refractivity contribution is -0.119. The SMILES string of the molecule is CC(=O)NCc1nnc(C2(N)CC2)o1. The second-order valence-electron chi connectivity index (χ2n) is 3.57. The van der Waals surface area contributed by atoms with Crippen molar-refractivity contribution < 1.29 is 9.21 Å². The van der Waals surface area contributed by atoms with Crippen molar-refractivity contribution in [1.29, 1.82) is 0 Å². The van der Waals surface area contributed by atoms with Crippen molar-refractivity contribution in [3.63, 3.8) is 0 Å². The fourth-order valence-electron chi connectivity index (χ4n) is 1.07. The Labute approximate surface area is 80.9 Å². The van der Waals surface area contributed by atoms with Crippen LogP contribution in [0.4, 0.5) is 0 Å². The molecule has 3 N–H and O–H groups in total. The first-order chi connectivity index (χ1) is 6.60. The molecule has 0 bridgehead atoms. The Kier molecular flexibility index (Phi) is 1.99. The molecule has 1 aromatic rings. The number of nitrogens with zero attached hydrogens (tertiary/aromatic N) is 2. The van der Waals surface area contributed by atoms with Crippen molar-refractivity contribution in [3.8, 4) is 0 Å². The maximum Gasteiger partial charge on any atom is 0.236 e. The lowest BCUT2D eigenvalue weighted by Crippen LogP contribution is -2.19. The van der Waals surface area contributed by atoms with Gasteiger partial charge < -0.3 is 15.5 Å². The van der Waals surface area contributed by atoms with Crippen molar-refractivity contribution >= 4 is 5.91 Å². The van der Waals surface area contributed by atoms with Crippen molar-refractivity contribution in [2.24, 2.45) is 5.73 Å². The van der Waals surface area contributed by atoms with Gasteiger partial charge in [0.1, 0.15) is 0 Å². The molecule has 1 fully saturated rings. The molecule has 1 aliphatic carbocycles. The number of nitrogens with one attached hydrogen (secondary N) is 1. The van der Waals surface area contributed by atoms with Gasteiger partial charge in [-0.2, -0.15) is 0 Å². The second kappa shape index (κ2) is 3.06. The van der Waals surface area contributed by atoms with E-state index < -0.39 is 5.54 Å². The summed E-state index contributed by atoms with van der Waals surface area (Å²) in [5.74, 6) is 0.739. The summed E-state index contributed by atoms with van der Waals surface area (Å²) in [6, 6.07) is 0. The van der Waals surface area contributed by atoms with Gasteiger partial charge in [-0.25, -0.2) is 0 Å². The highest BCUT2D eigenvalue weighted by atomic mass is 16.4. The molecular weight excluding hydrogens is 184 g/mol. The highest BCUT2D eigenvalue weighted by Gasteiger charge is 2.45. The highest BCUT2D eigenvalue weighted by Crippen LogP contribution is 2.41. The zero-order valence-electron chi connectivity index (χ0n) is 7.91. The standard InChI is InChI=1S/C8H12N4O2/c1-5(13)10-4-6-11-12-7(14-6)8(9)2-3-8/h2-4,9H2,1H3,(H,10,13). The van der Waals surface area contributed by atoms with Crippen LogP contribution >= 0.6 is 0 Å². The number of hydrogen-bond acceptors (Lipinski definition) is 5. The quantitative estimate of drug-likeness (QED) is 0.689. The Bertz CT molecular complexity index is 356. The molecule has 0 saturated heterocycles. The first-order valence-corrected chi connectivity index (χ1v) is 4.46. The van der Waals surface area contributed by atoms with Crippen LogP contribution in [-0.4, -0.2) is 16.1 Å². The fraction of sp³-hybridized carbons (Fsp3) is 0.625. The van der Waals surface area contributed by atoms with Crippen LogP contribution in [0.25, 0.3) is 0 Å². The van der Waals surface area contributed by atoms with Crippen LogP contribution in [0, 0.1) is 0 Å². The summed E-state index contributed by atoms with van der Waals surface area (Å²) in [6.07, 6.45) is 1.77. The maximum atomic E-state index is 10.6. The summed E-state index contributed by atoms with van der Waals surface area (Å²) in [4.78, 5) is 10.6. The molecule has 0 spiro atoms. The second-order valence-corrected chi connectivity index (χ2v) is 3.57. The largest absolute Gasteiger partial charge is 0.421 e. The predicted octanol–water partition coefficient (Wildman–Crippen LogP) is -0.347. The minimum Gasteiger partial charge on any atom is -0.421 e. The lowest BCUT2D eigenvalue weighted by atomic mass is 10.3. The van der Waals surface area contributed by atoms with E-state index in [1.54, 1.807) is 0 Å². The molecule has 0 atom stereocenters. The number of carbonyl (C=O) groups is 1. The van der Waals surface area contributed by atoms with Gasteiger partial charge in [0.25, 0.3) is 0 Å². The molecule has 2 rings (SSSR count). The zero-order valence-corrected chi connectivity index (χ0v) is 7.91. The van der Waals surface area contributed by atoms with E-state index in [-0.39, 0.29) is 12.5 Å². The van der Waals surface area contributed by atoms with Crippen LogP contribution in [0.15, 0.2) is 4.42 Å². The number of carbonyl (C=O) groups excluding carboxylic acids is 1. The smallest absolute Gasteiger partial charge is 0.236 e. The van der Waals surface area contributed by atoms with Crippen molar-refractivity contribution in [3.05, 3.63) is 11.8 Å². The van der Waals surface area contributed by atoms with Gasteiger partial charge in [-0.05, 0) is 12.8 Å². The summed E-state index contributed by atoms with van der Waals surface area (Å²) < 4.78 is 5.30. The van der Waals surface area contributed by atoms with Gasteiger partial charge in [-0.1, -0.05) is 0 Å². The summed E-state index contributed by atoms with van der Waals surface area (Å²) in [7, 11) is 0. The Morgan fingerprint density at radius 1 is 1.64 bits per heavy atom. The number of hydrogen-bond donors (Lipinski definition) is 2. The average molecular weight is 196 g/mol. The lowest BCUT2D eigenvalue weighted by Gasteiger charge is -1.99. The number of amides is 1. The third kappa shape index (κ3) is 1.74. The van der Waals surface area contributed by atoms with E-state index in [0.717, 1.165) is 12.8 Å². The third-order valence-electron chi connectivity index (χ3n) is 2.17. The Morgan fingerprint density at radius 2 is 2.36 bits per heavy atom. The van der Waals surface area contributed by atoms with Crippen LogP contribution in [-0.2, 0) is 16.9 Å². The van der Waals surface area contributed by atoms with Crippen LogP contribution in [0.2, 0.25) is 0 Å². The van der Waals surface area contributed by atoms with Crippen LogP contribution in [0.3, 0.4) is 0 Å². The van der Waals surface area contributed by atoms with E-state index in [0.29, 0.717) is 11.8 Å². The topological polar surface area (TPSA) is 94.0 Å². The van der Waals surface area contributed by atoms with E-state index in [1.165, 1.54) is 6.92 Å². The van der Waals surface area contributed by atoms with Gasteiger partial charge in [-0.3, -0.25) is 4.79 Å². The molecule has 6 nitrogen and oxygen atoms in total. The molecule has 0 unspecified atom stereocenters. The first-order valence-electron chi connectivity index (χ1n) is 4.46. The molecule has 76 valence electrons. The monoisotopic (exact) mass is 196 g/mol. The Hall–Kier alpha value is -1.43. The number of aromatic nitrogens is 2. The van der Waals surface area contributed by atoms with Crippen LogP contribution in [0.5, 0.6) is 0 Å². The fourth-order valence-corrected chi connectivity index (χ4v) is 1.07. The molecule has 1 heterocycles. The van der Waals surface area contributed by atoms with E-state index >= 15 is 0 Å². The Morgan fingerprint density at radius 3 is 2.93 bits per heavy atom.